The monoisotopic (exact) mass is 780 g/mol. The summed E-state index contributed by atoms with van der Waals surface area (Å²) in [4.78, 5) is 37.4. The van der Waals surface area contributed by atoms with Crippen molar-refractivity contribution in [2.24, 2.45) is 0 Å². The molecule has 0 aromatic heterocycles. The average Bonchev–Trinajstić information content (AvgIpc) is 3.12. The lowest BCUT2D eigenvalue weighted by atomic mass is 10.1. The van der Waals surface area contributed by atoms with Gasteiger partial charge in [-0.2, -0.15) is 0 Å². The Morgan fingerprint density at radius 3 is 1.59 bits per heavy atom. The van der Waals surface area contributed by atoms with Crippen LogP contribution in [0.4, 0.5) is 0 Å². The summed E-state index contributed by atoms with van der Waals surface area (Å²) in [5.74, 6) is -0.914. The van der Waals surface area contributed by atoms with Crippen molar-refractivity contribution in [3.8, 4) is 0 Å². The molecule has 0 radical (unpaired) electrons. The van der Waals surface area contributed by atoms with Crippen molar-refractivity contribution in [1.29, 1.82) is 0 Å². The van der Waals surface area contributed by atoms with E-state index in [1.54, 1.807) is 0 Å². The number of nitrogens with zero attached hydrogens (tertiary/aromatic N) is 1. The van der Waals surface area contributed by atoms with Gasteiger partial charge in [-0.05, 0) is 77.0 Å². The number of quaternary nitrogens is 1. The molecule has 0 fully saturated rings. The van der Waals surface area contributed by atoms with Crippen LogP contribution in [0.2, 0.25) is 0 Å². The molecule has 2 atom stereocenters. The maximum atomic E-state index is 12.6. The summed E-state index contributed by atoms with van der Waals surface area (Å²) in [6, 6.07) is 0. The van der Waals surface area contributed by atoms with Crippen LogP contribution < -0.4 is 4.89 Å². The molecule has 0 saturated heterocycles. The van der Waals surface area contributed by atoms with Crippen molar-refractivity contribution in [3.05, 3.63) is 60.8 Å². The molecule has 0 aliphatic heterocycles. The highest BCUT2D eigenvalue weighted by Gasteiger charge is 2.21. The van der Waals surface area contributed by atoms with Gasteiger partial charge in [0.2, 0.25) is 0 Å². The normalized spacial score (nSPS) is 14.3. The first-order valence-electron chi connectivity index (χ1n) is 21.0. The second-order valence-electron chi connectivity index (χ2n) is 15.0. The number of ether oxygens (including phenoxy) is 2. The molecule has 9 nitrogen and oxygen atoms in total. The van der Waals surface area contributed by atoms with Crippen LogP contribution in [-0.4, -0.2) is 70.0 Å². The highest BCUT2D eigenvalue weighted by atomic mass is 31.2. The highest BCUT2D eigenvalue weighted by Crippen LogP contribution is 2.38. The number of esters is 2. The van der Waals surface area contributed by atoms with E-state index in [9.17, 15) is 19.0 Å². The molecular formula is C44H78NO8P. The second kappa shape index (κ2) is 36.4. The lowest BCUT2D eigenvalue weighted by Gasteiger charge is -2.28. The third-order valence-electron chi connectivity index (χ3n) is 8.52. The molecule has 0 amide bonds. The zero-order valence-corrected chi connectivity index (χ0v) is 35.8. The van der Waals surface area contributed by atoms with Crippen molar-refractivity contribution >= 4 is 19.8 Å². The quantitative estimate of drug-likeness (QED) is 0.0201. The summed E-state index contributed by atoms with van der Waals surface area (Å²) in [7, 11) is 1.12. The van der Waals surface area contributed by atoms with E-state index in [4.69, 9.17) is 18.5 Å². The van der Waals surface area contributed by atoms with Gasteiger partial charge in [0.15, 0.2) is 6.10 Å². The summed E-state index contributed by atoms with van der Waals surface area (Å²) >= 11 is 0. The number of hydrogen-bond acceptors (Lipinski definition) is 8. The van der Waals surface area contributed by atoms with E-state index in [0.717, 1.165) is 57.8 Å². The van der Waals surface area contributed by atoms with Gasteiger partial charge in [0.1, 0.15) is 19.8 Å². The molecule has 54 heavy (non-hydrogen) atoms. The minimum Gasteiger partial charge on any atom is -0.756 e. The van der Waals surface area contributed by atoms with Crippen LogP contribution in [0.25, 0.3) is 0 Å². The van der Waals surface area contributed by atoms with Crippen molar-refractivity contribution in [2.75, 3.05) is 47.5 Å². The van der Waals surface area contributed by atoms with Gasteiger partial charge < -0.3 is 27.9 Å². The number of rotatable bonds is 37. The van der Waals surface area contributed by atoms with Gasteiger partial charge >= 0.3 is 11.9 Å². The van der Waals surface area contributed by atoms with E-state index in [1.807, 2.05) is 21.1 Å². The maximum absolute atomic E-state index is 12.6. The summed E-state index contributed by atoms with van der Waals surface area (Å²) in [5.41, 5.74) is 0. The smallest absolute Gasteiger partial charge is 0.306 e. The van der Waals surface area contributed by atoms with Crippen LogP contribution in [-0.2, 0) is 32.7 Å². The fourth-order valence-electron chi connectivity index (χ4n) is 5.23. The van der Waals surface area contributed by atoms with Gasteiger partial charge in [0, 0.05) is 12.8 Å². The Bertz CT molecular complexity index is 1110. The number of unbranched alkanes of at least 4 members (excludes halogenated alkanes) is 13. The van der Waals surface area contributed by atoms with Crippen molar-refractivity contribution in [3.63, 3.8) is 0 Å². The number of phosphoric acid groups is 1. The van der Waals surface area contributed by atoms with Crippen molar-refractivity contribution in [1.82, 2.24) is 0 Å². The molecule has 1 unspecified atom stereocenters. The van der Waals surface area contributed by atoms with Crippen LogP contribution in [0.3, 0.4) is 0 Å². The first kappa shape index (κ1) is 51.7. The number of carbonyl (C=O) groups is 2. The predicted molar refractivity (Wildman–Crippen MR) is 222 cm³/mol. The van der Waals surface area contributed by atoms with Gasteiger partial charge in [-0.25, -0.2) is 0 Å². The number of hydrogen-bond donors (Lipinski definition) is 0. The molecule has 0 aliphatic rings. The van der Waals surface area contributed by atoms with Gasteiger partial charge in [-0.3, -0.25) is 14.2 Å². The Hall–Kier alpha value is -2.29. The number of carbonyl (C=O) groups excluding carboxylic acids is 2. The zero-order chi connectivity index (χ0) is 40.0. The molecule has 0 saturated carbocycles. The zero-order valence-electron chi connectivity index (χ0n) is 34.9. The fourth-order valence-corrected chi connectivity index (χ4v) is 5.96. The molecule has 10 heteroatoms. The Labute approximate surface area is 330 Å². The van der Waals surface area contributed by atoms with Crippen LogP contribution >= 0.6 is 7.82 Å². The number of phosphoric ester groups is 1. The Balaban J connectivity index is 4.50. The second-order valence-corrected chi connectivity index (χ2v) is 16.4. The molecule has 0 aliphatic carbocycles. The molecule has 0 spiro atoms. The third kappa shape index (κ3) is 39.4. The van der Waals surface area contributed by atoms with Crippen LogP contribution in [0.15, 0.2) is 60.8 Å². The molecule has 0 heterocycles. The minimum atomic E-state index is -4.64. The minimum absolute atomic E-state index is 0.0442. The number of allylic oxidation sites excluding steroid dienone is 10. The molecule has 0 aromatic carbocycles. The lowest BCUT2D eigenvalue weighted by molar-refractivity contribution is -0.870. The van der Waals surface area contributed by atoms with Gasteiger partial charge in [0.25, 0.3) is 7.82 Å². The van der Waals surface area contributed by atoms with Gasteiger partial charge in [0.05, 0.1) is 27.7 Å². The van der Waals surface area contributed by atoms with Crippen LogP contribution in [0.1, 0.15) is 155 Å². The topological polar surface area (TPSA) is 111 Å². The summed E-state index contributed by atoms with van der Waals surface area (Å²) in [6.45, 7) is 4.02. The Morgan fingerprint density at radius 1 is 0.593 bits per heavy atom. The summed E-state index contributed by atoms with van der Waals surface area (Å²) in [5, 5.41) is 0. The summed E-state index contributed by atoms with van der Waals surface area (Å²) in [6.07, 6.45) is 42.6. The van der Waals surface area contributed by atoms with Gasteiger partial charge in [-0.15, -0.1) is 0 Å². The largest absolute Gasteiger partial charge is 0.756 e. The van der Waals surface area contributed by atoms with E-state index in [0.29, 0.717) is 23.9 Å². The van der Waals surface area contributed by atoms with Crippen LogP contribution in [0, 0.1) is 0 Å². The molecule has 0 N–H and O–H groups in total. The predicted octanol–water partition coefficient (Wildman–Crippen LogP) is 11.1. The lowest BCUT2D eigenvalue weighted by Crippen LogP contribution is -2.37. The molecule has 0 aromatic rings. The summed E-state index contributed by atoms with van der Waals surface area (Å²) < 4.78 is 33.8. The molecule has 0 rings (SSSR count). The molecule has 312 valence electrons. The van der Waals surface area contributed by atoms with Crippen molar-refractivity contribution in [2.45, 2.75) is 161 Å². The van der Waals surface area contributed by atoms with E-state index >= 15 is 0 Å². The fraction of sp³-hybridized carbons (Fsp3) is 0.727. The molecular weight excluding hydrogens is 701 g/mol. The first-order valence-corrected chi connectivity index (χ1v) is 22.5. The van der Waals surface area contributed by atoms with Gasteiger partial charge in [-0.1, -0.05) is 126 Å². The standard InChI is InChI=1S/C44H78NO8P/c1-6-8-10-12-14-16-18-20-22-24-26-28-30-32-34-36-43(46)50-40-42(41-52-54(48,49)51-39-38-45(3,4)5)53-44(47)37-35-33-31-29-27-25-23-21-19-17-15-13-11-9-7-2/h9,11,15,17,21,23,26-29,42H,6-8,10,12-14,16,18-20,22,24-25,30-41H2,1-5H3/b11-9+,17-15+,23-21+,28-26+,29-27+/t42-/m1/s1. The van der Waals surface area contributed by atoms with E-state index in [2.05, 4.69) is 74.6 Å². The van der Waals surface area contributed by atoms with E-state index in [-0.39, 0.29) is 26.1 Å². The highest BCUT2D eigenvalue weighted by molar-refractivity contribution is 7.45. The third-order valence-corrected chi connectivity index (χ3v) is 9.49. The average molecular weight is 780 g/mol. The Kier molecular flexibility index (Phi) is 34.8. The Morgan fingerprint density at radius 2 is 1.06 bits per heavy atom. The van der Waals surface area contributed by atoms with E-state index < -0.39 is 32.5 Å². The van der Waals surface area contributed by atoms with E-state index in [1.165, 1.54) is 57.8 Å². The SMILES string of the molecule is CC/C=C/C/C=C/C/C=C/C/C=C/CCCCC(=O)O[C@H](COC(=O)CCCC/C=C/CCCCCCCCCCC)COP(=O)([O-])OCC[N+](C)(C)C. The maximum Gasteiger partial charge on any atom is 0.306 e. The van der Waals surface area contributed by atoms with Crippen LogP contribution in [0.5, 0.6) is 0 Å². The first-order chi connectivity index (χ1) is 26.0. The molecule has 0 bridgehead atoms. The van der Waals surface area contributed by atoms with Crippen molar-refractivity contribution < 1.29 is 42.1 Å². The number of likely N-dealkylation sites (N-methyl/N-ethyl adjacent to an activating group) is 1.